The van der Waals surface area contributed by atoms with Gasteiger partial charge in [0.1, 0.15) is 11.5 Å². The third-order valence-corrected chi connectivity index (χ3v) is 4.19. The zero-order valence-corrected chi connectivity index (χ0v) is 12.2. The molecular weight excluding hydrogens is 282 g/mol. The van der Waals surface area contributed by atoms with Crippen LogP contribution in [0.4, 0.5) is 0 Å². The predicted octanol–water partition coefficient (Wildman–Crippen LogP) is 4.01. The van der Waals surface area contributed by atoms with Gasteiger partial charge >= 0.3 is 0 Å². The van der Waals surface area contributed by atoms with Gasteiger partial charge < -0.3 is 10.2 Å². The summed E-state index contributed by atoms with van der Waals surface area (Å²) in [5.41, 5.74) is 2.69. The Morgan fingerprint density at radius 1 is 0.952 bits per heavy atom. The quantitative estimate of drug-likeness (QED) is 0.765. The van der Waals surface area contributed by atoms with Gasteiger partial charge in [-0.3, -0.25) is 0 Å². The fourth-order valence-corrected chi connectivity index (χ4v) is 2.98. The maximum absolute atomic E-state index is 9.87. The summed E-state index contributed by atoms with van der Waals surface area (Å²) in [4.78, 5) is 4.56. The molecule has 0 aliphatic carbocycles. The van der Waals surface area contributed by atoms with Crippen molar-refractivity contribution in [2.24, 2.45) is 0 Å². The number of nitrogens with zero attached hydrogens (tertiary/aromatic N) is 1. The van der Waals surface area contributed by atoms with E-state index in [1.54, 1.807) is 23.5 Å². The van der Waals surface area contributed by atoms with Crippen LogP contribution >= 0.6 is 11.3 Å². The maximum atomic E-state index is 9.87. The summed E-state index contributed by atoms with van der Waals surface area (Å²) in [6, 6.07) is 14.9. The molecule has 0 aliphatic rings. The lowest BCUT2D eigenvalue weighted by Crippen LogP contribution is -1.90. The van der Waals surface area contributed by atoms with Gasteiger partial charge in [0.15, 0.2) is 0 Å². The SMILES string of the molecule is Oc1ccc(-c2csc(CCc3ccccc3)n2)c(O)c1. The third kappa shape index (κ3) is 3.23. The molecule has 0 fully saturated rings. The molecule has 0 radical (unpaired) electrons. The van der Waals surface area contributed by atoms with Gasteiger partial charge in [0, 0.05) is 23.4 Å². The molecule has 0 saturated heterocycles. The number of rotatable bonds is 4. The summed E-state index contributed by atoms with van der Waals surface area (Å²) in [7, 11) is 0. The molecule has 106 valence electrons. The summed E-state index contributed by atoms with van der Waals surface area (Å²) in [6.45, 7) is 0. The largest absolute Gasteiger partial charge is 0.508 e. The number of hydrogen-bond acceptors (Lipinski definition) is 4. The van der Waals surface area contributed by atoms with Crippen LogP contribution in [0.2, 0.25) is 0 Å². The molecule has 1 heterocycles. The first-order chi connectivity index (χ1) is 10.2. The highest BCUT2D eigenvalue weighted by Crippen LogP contribution is 2.32. The highest BCUT2D eigenvalue weighted by molar-refractivity contribution is 7.09. The van der Waals surface area contributed by atoms with E-state index in [-0.39, 0.29) is 11.5 Å². The van der Waals surface area contributed by atoms with Crippen LogP contribution in [0, 0.1) is 0 Å². The minimum atomic E-state index is 0.0508. The van der Waals surface area contributed by atoms with E-state index in [9.17, 15) is 10.2 Å². The van der Waals surface area contributed by atoms with Crippen LogP contribution in [0.15, 0.2) is 53.9 Å². The van der Waals surface area contributed by atoms with Gasteiger partial charge in [0.2, 0.25) is 0 Å². The fraction of sp³-hybridized carbons (Fsp3) is 0.118. The Hall–Kier alpha value is -2.33. The van der Waals surface area contributed by atoms with Gasteiger partial charge in [0.05, 0.1) is 10.7 Å². The Morgan fingerprint density at radius 2 is 1.76 bits per heavy atom. The van der Waals surface area contributed by atoms with Crippen molar-refractivity contribution in [1.29, 1.82) is 0 Å². The number of phenolic OH excluding ortho intramolecular Hbond substituents is 2. The van der Waals surface area contributed by atoms with E-state index >= 15 is 0 Å². The Bertz CT molecular complexity index is 738. The molecule has 1 aromatic heterocycles. The maximum Gasteiger partial charge on any atom is 0.128 e. The molecule has 0 amide bonds. The van der Waals surface area contributed by atoms with E-state index in [0.717, 1.165) is 23.5 Å². The first kappa shape index (κ1) is 13.6. The second kappa shape index (κ2) is 5.97. The number of phenols is 2. The first-order valence-electron chi connectivity index (χ1n) is 6.73. The molecule has 2 N–H and O–H groups in total. The van der Waals surface area contributed by atoms with Crippen molar-refractivity contribution < 1.29 is 10.2 Å². The zero-order chi connectivity index (χ0) is 14.7. The highest BCUT2D eigenvalue weighted by atomic mass is 32.1. The summed E-state index contributed by atoms with van der Waals surface area (Å²) >= 11 is 1.59. The molecule has 3 nitrogen and oxygen atoms in total. The number of benzene rings is 2. The van der Waals surface area contributed by atoms with Gasteiger partial charge in [-0.1, -0.05) is 30.3 Å². The second-order valence-corrected chi connectivity index (χ2v) is 5.76. The summed E-state index contributed by atoms with van der Waals surface area (Å²) in [5, 5.41) is 22.2. The molecule has 3 aromatic rings. The van der Waals surface area contributed by atoms with Crippen LogP contribution in [-0.2, 0) is 12.8 Å². The van der Waals surface area contributed by atoms with Crippen molar-refractivity contribution in [2.45, 2.75) is 12.8 Å². The number of aromatic nitrogens is 1. The van der Waals surface area contributed by atoms with Crippen molar-refractivity contribution in [3.05, 3.63) is 64.5 Å². The Morgan fingerprint density at radius 3 is 2.52 bits per heavy atom. The van der Waals surface area contributed by atoms with Gasteiger partial charge in [0.25, 0.3) is 0 Å². The van der Waals surface area contributed by atoms with Crippen molar-refractivity contribution in [1.82, 2.24) is 4.98 Å². The average molecular weight is 297 g/mol. The zero-order valence-electron chi connectivity index (χ0n) is 11.4. The van der Waals surface area contributed by atoms with Crippen LogP contribution in [0.3, 0.4) is 0 Å². The van der Waals surface area contributed by atoms with Crippen LogP contribution < -0.4 is 0 Å². The molecule has 0 bridgehead atoms. The monoisotopic (exact) mass is 297 g/mol. The highest BCUT2D eigenvalue weighted by Gasteiger charge is 2.09. The van der Waals surface area contributed by atoms with E-state index in [2.05, 4.69) is 17.1 Å². The molecule has 3 rings (SSSR count). The van der Waals surface area contributed by atoms with Crippen LogP contribution in [-0.4, -0.2) is 15.2 Å². The third-order valence-electron chi connectivity index (χ3n) is 3.28. The van der Waals surface area contributed by atoms with E-state index < -0.39 is 0 Å². The van der Waals surface area contributed by atoms with E-state index in [1.165, 1.54) is 11.6 Å². The van der Waals surface area contributed by atoms with E-state index in [1.807, 2.05) is 23.6 Å². The van der Waals surface area contributed by atoms with Crippen LogP contribution in [0.5, 0.6) is 11.5 Å². The van der Waals surface area contributed by atoms with Gasteiger partial charge in [-0.15, -0.1) is 11.3 Å². The topological polar surface area (TPSA) is 53.4 Å². The van der Waals surface area contributed by atoms with E-state index in [4.69, 9.17) is 0 Å². The van der Waals surface area contributed by atoms with Gasteiger partial charge in [-0.2, -0.15) is 0 Å². The van der Waals surface area contributed by atoms with Crippen molar-refractivity contribution in [3.63, 3.8) is 0 Å². The molecule has 0 spiro atoms. The van der Waals surface area contributed by atoms with Crippen molar-refractivity contribution >= 4 is 11.3 Å². The number of hydrogen-bond donors (Lipinski definition) is 2. The lowest BCUT2D eigenvalue weighted by atomic mass is 10.1. The second-order valence-electron chi connectivity index (χ2n) is 4.81. The summed E-state index contributed by atoms with van der Waals surface area (Å²) < 4.78 is 0. The van der Waals surface area contributed by atoms with Gasteiger partial charge in [-0.05, 0) is 24.1 Å². The van der Waals surface area contributed by atoms with E-state index in [0.29, 0.717) is 5.56 Å². The summed E-state index contributed by atoms with van der Waals surface area (Å²) in [5.74, 6) is 0.102. The Kier molecular flexibility index (Phi) is 3.88. The smallest absolute Gasteiger partial charge is 0.128 e. The fourth-order valence-electron chi connectivity index (χ4n) is 2.18. The molecule has 21 heavy (non-hydrogen) atoms. The minimum absolute atomic E-state index is 0.0508. The summed E-state index contributed by atoms with van der Waals surface area (Å²) in [6.07, 6.45) is 1.84. The van der Waals surface area contributed by atoms with Crippen LogP contribution in [0.25, 0.3) is 11.3 Å². The Labute approximate surface area is 127 Å². The molecule has 2 aromatic carbocycles. The molecule has 0 unspecified atom stereocenters. The molecule has 0 aliphatic heterocycles. The molecule has 0 atom stereocenters. The van der Waals surface area contributed by atoms with Crippen molar-refractivity contribution in [3.8, 4) is 22.8 Å². The minimum Gasteiger partial charge on any atom is -0.508 e. The van der Waals surface area contributed by atoms with Crippen LogP contribution in [0.1, 0.15) is 10.6 Å². The average Bonchev–Trinajstić information content (AvgIpc) is 2.95. The number of aryl methyl sites for hydroxylation is 2. The number of aromatic hydroxyl groups is 2. The lowest BCUT2D eigenvalue weighted by Gasteiger charge is -2.01. The molecular formula is C17H15NO2S. The standard InChI is InChI=1S/C17H15NO2S/c19-13-7-8-14(16(20)10-13)15-11-21-17(18-15)9-6-12-4-2-1-3-5-12/h1-5,7-8,10-11,19-20H,6,9H2. The number of thiazole rings is 1. The molecule has 4 heteroatoms. The lowest BCUT2D eigenvalue weighted by molar-refractivity contribution is 0.452. The predicted molar refractivity (Wildman–Crippen MR) is 84.7 cm³/mol. The Balaban J connectivity index is 1.74. The van der Waals surface area contributed by atoms with Gasteiger partial charge in [-0.25, -0.2) is 4.98 Å². The molecule has 0 saturated carbocycles. The first-order valence-corrected chi connectivity index (χ1v) is 7.61. The van der Waals surface area contributed by atoms with Crippen molar-refractivity contribution in [2.75, 3.05) is 0 Å². The normalized spacial score (nSPS) is 10.7.